The number of H-pyrrole nitrogens is 1. The normalized spacial score (nSPS) is 14.7. The number of amides is 1. The number of thiazole rings is 1. The first-order valence-corrected chi connectivity index (χ1v) is 17.3. The van der Waals surface area contributed by atoms with Crippen molar-refractivity contribution >= 4 is 39.0 Å². The van der Waals surface area contributed by atoms with Crippen LogP contribution in [0.4, 0.5) is 30.7 Å². The summed E-state index contributed by atoms with van der Waals surface area (Å²) < 4.78 is 81.6. The van der Waals surface area contributed by atoms with Crippen LogP contribution in [0.5, 0.6) is 5.75 Å². The predicted molar refractivity (Wildman–Crippen MR) is 178 cm³/mol. The molecular weight excluding hydrogens is 709 g/mol. The molecule has 1 aliphatic carbocycles. The van der Waals surface area contributed by atoms with E-state index < -0.39 is 23.9 Å². The molecule has 4 N–H and O–H groups in total. The van der Waals surface area contributed by atoms with Gasteiger partial charge in [0.05, 0.1) is 4.70 Å². The van der Waals surface area contributed by atoms with Crippen molar-refractivity contribution in [2.24, 2.45) is 0 Å². The Bertz CT molecular complexity index is 1640. The smallest absolute Gasteiger partial charge is 0.458 e. The molecule has 51 heavy (non-hydrogen) atoms. The largest absolute Gasteiger partial charge is 0.506 e. The second-order valence-corrected chi connectivity index (χ2v) is 13.2. The lowest BCUT2D eigenvalue weighted by Gasteiger charge is -2.34. The second kappa shape index (κ2) is 19.1. The Morgan fingerprint density at radius 2 is 1.51 bits per heavy atom. The number of aromatic hydroxyl groups is 1. The number of carbonyl (C=O) groups excluding carboxylic acids is 3. The topological polar surface area (TPSA) is 132 Å². The van der Waals surface area contributed by atoms with Crippen molar-refractivity contribution in [1.82, 2.24) is 20.5 Å². The molecule has 1 saturated carbocycles. The van der Waals surface area contributed by atoms with Gasteiger partial charge in [0, 0.05) is 31.6 Å². The van der Waals surface area contributed by atoms with E-state index in [1.165, 1.54) is 18.9 Å². The molecule has 1 aromatic heterocycles. The molecule has 0 aliphatic heterocycles. The van der Waals surface area contributed by atoms with Crippen molar-refractivity contribution in [3.63, 3.8) is 0 Å². The van der Waals surface area contributed by atoms with Gasteiger partial charge < -0.3 is 25.6 Å². The molecule has 0 spiro atoms. The Hall–Kier alpha value is -3.83. The average Bonchev–Trinajstić information content (AvgIpc) is 3.27. The summed E-state index contributed by atoms with van der Waals surface area (Å²) in [5.41, 5.74) is 2.21. The minimum absolute atomic E-state index is 0.0905. The van der Waals surface area contributed by atoms with Crippen LogP contribution in [0.15, 0.2) is 41.2 Å². The van der Waals surface area contributed by atoms with Gasteiger partial charge in [0.25, 0.3) is 0 Å². The number of nitrogens with zero attached hydrogens (tertiary/aromatic N) is 1. The van der Waals surface area contributed by atoms with E-state index in [9.17, 15) is 55.0 Å². The first-order valence-electron chi connectivity index (χ1n) is 16.5. The number of rotatable bonds is 14. The van der Waals surface area contributed by atoms with E-state index in [2.05, 4.69) is 27.4 Å². The first-order chi connectivity index (χ1) is 24.0. The number of carbonyl (C=O) groups is 3. The van der Waals surface area contributed by atoms with Crippen LogP contribution in [0, 0.1) is 5.82 Å². The highest BCUT2D eigenvalue weighted by molar-refractivity contribution is 7.16. The van der Waals surface area contributed by atoms with Gasteiger partial charge in [-0.1, -0.05) is 61.3 Å². The lowest BCUT2D eigenvalue weighted by molar-refractivity contribution is -0.193. The Labute approximate surface area is 293 Å². The third-order valence-corrected chi connectivity index (χ3v) is 9.31. The number of halogens is 7. The molecule has 2 aromatic carbocycles. The minimum atomic E-state index is -5.77. The monoisotopic (exact) mass is 750 g/mol. The van der Waals surface area contributed by atoms with E-state index in [0.29, 0.717) is 50.1 Å². The highest BCUT2D eigenvalue weighted by Crippen LogP contribution is 2.28. The zero-order valence-corrected chi connectivity index (χ0v) is 28.7. The molecule has 1 fully saturated rings. The van der Waals surface area contributed by atoms with Crippen molar-refractivity contribution in [3.05, 3.63) is 63.0 Å². The second-order valence-electron chi connectivity index (χ2n) is 12.3. The average molecular weight is 751 g/mol. The number of phenolic OH excluding ortho intramolecular Hbond substituents is 1. The molecule has 282 valence electrons. The molecule has 0 bridgehead atoms. The fourth-order valence-corrected chi connectivity index (χ4v) is 6.65. The molecular formula is C34H41F7N4O5S. The number of nitrogens with one attached hydrogen (secondary N) is 3. The number of hydrogen-bond donors (Lipinski definition) is 4. The van der Waals surface area contributed by atoms with Crippen LogP contribution in [0.2, 0.25) is 0 Å². The van der Waals surface area contributed by atoms with Crippen molar-refractivity contribution in [1.29, 1.82) is 0 Å². The maximum Gasteiger partial charge on any atom is 0.458 e. The summed E-state index contributed by atoms with van der Waals surface area (Å²) in [5.74, 6) is -6.74. The molecule has 1 amide bonds. The van der Waals surface area contributed by atoms with Gasteiger partial charge in [-0.25, -0.2) is 4.39 Å². The third-order valence-electron chi connectivity index (χ3n) is 8.35. The number of Topliss-reactive ketones (excluding diaryl/α,β-unsaturated/α-hetero) is 2. The van der Waals surface area contributed by atoms with E-state index in [0.717, 1.165) is 53.7 Å². The molecule has 4 rings (SSSR count). The molecule has 1 heterocycles. The standard InChI is InChI=1S/C30H41FN4O3S.C4F6O2/c1-21(33-19-15-23-12-13-26(36)28-29(23)39-30(38)34-28)20-35(24-9-4-2-3-5-10-24)27(37)16-18-32-17-14-22-8-6-7-11-25(22)31;5-3(6,7)1(11)2(12)4(8,9)10/h6-8,11-13,21,24,32-33,36H,2-5,9-10,14-20H2,1H3,(H,34,38);. The number of aromatic amines is 1. The van der Waals surface area contributed by atoms with E-state index in [4.69, 9.17) is 0 Å². The summed E-state index contributed by atoms with van der Waals surface area (Å²) in [5, 5.41) is 16.9. The Balaban J connectivity index is 0.000000501. The molecule has 3 aromatic rings. The third kappa shape index (κ3) is 13.0. The van der Waals surface area contributed by atoms with Crippen LogP contribution >= 0.6 is 11.3 Å². The lowest BCUT2D eigenvalue weighted by Crippen LogP contribution is -2.48. The molecule has 0 radical (unpaired) electrons. The van der Waals surface area contributed by atoms with Crippen LogP contribution < -0.4 is 15.5 Å². The van der Waals surface area contributed by atoms with Crippen LogP contribution in [0.3, 0.4) is 0 Å². The van der Waals surface area contributed by atoms with Gasteiger partial charge in [-0.15, -0.1) is 0 Å². The van der Waals surface area contributed by atoms with Crippen molar-refractivity contribution in [2.45, 2.75) is 89.1 Å². The number of phenols is 1. The number of hydrogen-bond acceptors (Lipinski definition) is 8. The van der Waals surface area contributed by atoms with Crippen LogP contribution in [0.25, 0.3) is 10.2 Å². The van der Waals surface area contributed by atoms with Crippen LogP contribution in [0.1, 0.15) is 63.0 Å². The first kappa shape index (κ1) is 41.6. The SMILES string of the molecule is CC(CN(C(=O)CCNCCc1ccccc1F)C1CCCCCC1)NCCc1ccc(O)c2[nH]c(=O)sc12.O=C(C(=O)C(F)(F)F)C(F)(F)F. The zero-order chi connectivity index (χ0) is 37.8. The molecule has 17 heteroatoms. The van der Waals surface area contributed by atoms with Gasteiger partial charge in [0.2, 0.25) is 5.91 Å². The summed E-state index contributed by atoms with van der Waals surface area (Å²) in [4.78, 5) is 49.1. The molecule has 9 nitrogen and oxygen atoms in total. The van der Waals surface area contributed by atoms with E-state index in [-0.39, 0.29) is 34.4 Å². The maximum atomic E-state index is 13.8. The van der Waals surface area contributed by atoms with Crippen LogP contribution in [-0.4, -0.2) is 83.1 Å². The van der Waals surface area contributed by atoms with Crippen molar-refractivity contribution in [2.75, 3.05) is 26.2 Å². The highest BCUT2D eigenvalue weighted by atomic mass is 32.1. The lowest BCUT2D eigenvalue weighted by atomic mass is 10.1. The van der Waals surface area contributed by atoms with Gasteiger partial charge in [-0.3, -0.25) is 19.2 Å². The van der Waals surface area contributed by atoms with Gasteiger partial charge in [0.1, 0.15) is 17.1 Å². The van der Waals surface area contributed by atoms with Crippen LogP contribution in [-0.2, 0) is 27.2 Å². The van der Waals surface area contributed by atoms with E-state index >= 15 is 0 Å². The summed E-state index contributed by atoms with van der Waals surface area (Å²) in [6.45, 7) is 4.69. The number of benzene rings is 2. The Morgan fingerprint density at radius 3 is 2.12 bits per heavy atom. The fraction of sp³-hybridized carbons (Fsp3) is 0.529. The molecule has 0 saturated heterocycles. The van der Waals surface area contributed by atoms with Crippen molar-refractivity contribution in [3.8, 4) is 5.75 Å². The fourth-order valence-electron chi connectivity index (χ4n) is 5.75. The minimum Gasteiger partial charge on any atom is -0.506 e. The quantitative estimate of drug-likeness (QED) is 0.0691. The van der Waals surface area contributed by atoms with Gasteiger partial charge in [-0.2, -0.15) is 26.3 Å². The zero-order valence-electron chi connectivity index (χ0n) is 27.9. The summed E-state index contributed by atoms with van der Waals surface area (Å²) >= 11 is 1.12. The highest BCUT2D eigenvalue weighted by Gasteiger charge is 2.54. The number of ketones is 2. The molecule has 1 atom stereocenters. The van der Waals surface area contributed by atoms with Crippen molar-refractivity contribution < 1.29 is 50.2 Å². The summed E-state index contributed by atoms with van der Waals surface area (Å²) in [7, 11) is 0. The summed E-state index contributed by atoms with van der Waals surface area (Å²) in [6.07, 6.45) is -2.90. The van der Waals surface area contributed by atoms with E-state index in [1.807, 2.05) is 12.1 Å². The maximum absolute atomic E-state index is 13.8. The Kier molecular flexibility index (Phi) is 15.6. The number of alkyl halides is 6. The molecule has 1 unspecified atom stereocenters. The van der Waals surface area contributed by atoms with Gasteiger partial charge >= 0.3 is 28.8 Å². The number of fused-ring (bicyclic) bond motifs is 1. The Morgan fingerprint density at radius 1 is 0.902 bits per heavy atom. The van der Waals surface area contributed by atoms with Gasteiger partial charge in [-0.05, 0) is 69.0 Å². The van der Waals surface area contributed by atoms with E-state index in [1.54, 1.807) is 18.2 Å². The molecule has 1 aliphatic rings. The van der Waals surface area contributed by atoms with Gasteiger partial charge in [0.15, 0.2) is 0 Å². The predicted octanol–water partition coefficient (Wildman–Crippen LogP) is 5.98. The number of aromatic nitrogens is 1. The summed E-state index contributed by atoms with van der Waals surface area (Å²) in [6, 6.07) is 10.7.